The van der Waals surface area contributed by atoms with Crippen molar-refractivity contribution in [2.45, 2.75) is 37.8 Å². The van der Waals surface area contributed by atoms with E-state index < -0.39 is 0 Å². The molecule has 1 N–H and O–H groups in total. The molecule has 0 atom stereocenters. The van der Waals surface area contributed by atoms with E-state index in [9.17, 15) is 4.79 Å². The molecule has 2 heterocycles. The first-order chi connectivity index (χ1) is 13.6. The predicted octanol–water partition coefficient (Wildman–Crippen LogP) is 2.49. The average molecular weight is 381 g/mol. The molecule has 1 amide bonds. The molecule has 4 rings (SSSR count). The molecule has 1 saturated carbocycles. The Kier molecular flexibility index (Phi) is 5.10. The van der Waals surface area contributed by atoms with Gasteiger partial charge in [-0.15, -0.1) is 5.10 Å². The Morgan fingerprint density at radius 3 is 2.79 bits per heavy atom. The molecule has 8 nitrogen and oxygen atoms in total. The van der Waals surface area contributed by atoms with E-state index in [1.54, 1.807) is 13.2 Å². The number of hydrogen-bond donors (Lipinski definition) is 1. The maximum absolute atomic E-state index is 12.3. The molecule has 0 spiro atoms. The SMILES string of the molecule is COc1nc(C(=O)NC2CCC(Oc3ccc4ncccc4c3)CC2)nn1C. The number of amides is 1. The second-order valence-corrected chi connectivity index (χ2v) is 6.97. The number of benzene rings is 1. The summed E-state index contributed by atoms with van der Waals surface area (Å²) in [5.41, 5.74) is 0.959. The summed E-state index contributed by atoms with van der Waals surface area (Å²) in [4.78, 5) is 20.8. The molecule has 0 unspecified atom stereocenters. The van der Waals surface area contributed by atoms with Crippen LogP contribution in [0.1, 0.15) is 36.3 Å². The van der Waals surface area contributed by atoms with Gasteiger partial charge in [-0.05, 0) is 49.9 Å². The van der Waals surface area contributed by atoms with Crippen LogP contribution in [-0.4, -0.2) is 44.9 Å². The highest BCUT2D eigenvalue weighted by Gasteiger charge is 2.25. The molecule has 0 radical (unpaired) electrons. The Labute approximate surface area is 162 Å². The topological polar surface area (TPSA) is 91.2 Å². The van der Waals surface area contributed by atoms with E-state index in [4.69, 9.17) is 9.47 Å². The van der Waals surface area contributed by atoms with E-state index in [2.05, 4.69) is 20.4 Å². The second-order valence-electron chi connectivity index (χ2n) is 6.97. The van der Waals surface area contributed by atoms with Crippen molar-refractivity contribution in [3.05, 3.63) is 42.4 Å². The van der Waals surface area contributed by atoms with Crippen LogP contribution >= 0.6 is 0 Å². The number of rotatable bonds is 5. The lowest BCUT2D eigenvalue weighted by molar-refractivity contribution is 0.0883. The number of methoxy groups -OCH3 is 1. The fourth-order valence-electron chi connectivity index (χ4n) is 3.54. The molecule has 1 aliphatic rings. The van der Waals surface area contributed by atoms with Gasteiger partial charge in [0.25, 0.3) is 5.91 Å². The molecular weight excluding hydrogens is 358 g/mol. The minimum absolute atomic E-state index is 0.1000. The molecule has 2 aromatic heterocycles. The van der Waals surface area contributed by atoms with Crippen LogP contribution in [-0.2, 0) is 7.05 Å². The molecule has 0 bridgehead atoms. The Morgan fingerprint density at radius 1 is 1.21 bits per heavy atom. The van der Waals surface area contributed by atoms with Crippen LogP contribution in [0.4, 0.5) is 0 Å². The smallest absolute Gasteiger partial charge is 0.314 e. The van der Waals surface area contributed by atoms with Crippen molar-refractivity contribution in [2.75, 3.05) is 7.11 Å². The molecule has 0 aliphatic heterocycles. The molecule has 146 valence electrons. The highest BCUT2D eigenvalue weighted by molar-refractivity contribution is 5.90. The van der Waals surface area contributed by atoms with Crippen LogP contribution in [0.3, 0.4) is 0 Å². The van der Waals surface area contributed by atoms with Gasteiger partial charge in [-0.25, -0.2) is 4.68 Å². The summed E-state index contributed by atoms with van der Waals surface area (Å²) in [5.74, 6) is 0.713. The molecule has 8 heteroatoms. The van der Waals surface area contributed by atoms with Gasteiger partial charge in [0.2, 0.25) is 5.82 Å². The number of carbonyl (C=O) groups is 1. The Hall–Kier alpha value is -3.16. The van der Waals surface area contributed by atoms with Gasteiger partial charge >= 0.3 is 6.01 Å². The summed E-state index contributed by atoms with van der Waals surface area (Å²) in [6.45, 7) is 0. The second kappa shape index (κ2) is 7.84. The lowest BCUT2D eigenvalue weighted by Gasteiger charge is -2.29. The summed E-state index contributed by atoms with van der Waals surface area (Å²) >= 11 is 0. The van der Waals surface area contributed by atoms with Crippen molar-refractivity contribution in [1.82, 2.24) is 25.1 Å². The van der Waals surface area contributed by atoms with Gasteiger partial charge in [0.15, 0.2) is 0 Å². The van der Waals surface area contributed by atoms with Crippen molar-refractivity contribution >= 4 is 16.8 Å². The molecule has 1 aromatic carbocycles. The monoisotopic (exact) mass is 381 g/mol. The van der Waals surface area contributed by atoms with Crippen LogP contribution < -0.4 is 14.8 Å². The third kappa shape index (κ3) is 3.90. The van der Waals surface area contributed by atoms with Crippen LogP contribution in [0.25, 0.3) is 10.9 Å². The number of nitrogens with one attached hydrogen (secondary N) is 1. The summed E-state index contributed by atoms with van der Waals surface area (Å²) in [6, 6.07) is 10.3. The van der Waals surface area contributed by atoms with E-state index in [-0.39, 0.29) is 23.9 Å². The van der Waals surface area contributed by atoms with Crippen molar-refractivity contribution in [3.63, 3.8) is 0 Å². The third-order valence-corrected chi connectivity index (χ3v) is 5.00. The molecule has 28 heavy (non-hydrogen) atoms. The Bertz CT molecular complexity index is 979. The first-order valence-electron chi connectivity index (χ1n) is 9.39. The lowest BCUT2D eigenvalue weighted by Crippen LogP contribution is -2.40. The van der Waals surface area contributed by atoms with E-state index >= 15 is 0 Å². The average Bonchev–Trinajstić information content (AvgIpc) is 3.10. The number of aryl methyl sites for hydroxylation is 1. The molecule has 0 saturated heterocycles. The van der Waals surface area contributed by atoms with Gasteiger partial charge in [-0.3, -0.25) is 9.78 Å². The predicted molar refractivity (Wildman–Crippen MR) is 103 cm³/mol. The number of carbonyl (C=O) groups excluding carboxylic acids is 1. The van der Waals surface area contributed by atoms with Gasteiger partial charge in [-0.2, -0.15) is 4.98 Å². The van der Waals surface area contributed by atoms with Gasteiger partial charge in [-0.1, -0.05) is 6.07 Å². The summed E-state index contributed by atoms with van der Waals surface area (Å²) in [7, 11) is 3.19. The first-order valence-corrected chi connectivity index (χ1v) is 9.39. The van der Waals surface area contributed by atoms with Crippen molar-refractivity contribution in [1.29, 1.82) is 0 Å². The van der Waals surface area contributed by atoms with Crippen molar-refractivity contribution in [3.8, 4) is 11.8 Å². The summed E-state index contributed by atoms with van der Waals surface area (Å²) < 4.78 is 12.6. The zero-order chi connectivity index (χ0) is 19.5. The van der Waals surface area contributed by atoms with E-state index in [1.165, 1.54) is 11.8 Å². The Morgan fingerprint density at radius 2 is 2.04 bits per heavy atom. The minimum Gasteiger partial charge on any atom is -0.490 e. The fourth-order valence-corrected chi connectivity index (χ4v) is 3.54. The third-order valence-electron chi connectivity index (χ3n) is 5.00. The number of ether oxygens (including phenoxy) is 2. The number of nitrogens with zero attached hydrogens (tertiary/aromatic N) is 4. The number of pyridine rings is 1. The van der Waals surface area contributed by atoms with Crippen molar-refractivity contribution < 1.29 is 14.3 Å². The first kappa shape index (κ1) is 18.2. The largest absolute Gasteiger partial charge is 0.490 e. The number of aromatic nitrogens is 4. The molecular formula is C20H23N5O3. The minimum atomic E-state index is -0.273. The Balaban J connectivity index is 1.30. The van der Waals surface area contributed by atoms with Gasteiger partial charge in [0.05, 0.1) is 18.7 Å². The summed E-state index contributed by atoms with van der Waals surface area (Å²) in [5, 5.41) is 8.16. The van der Waals surface area contributed by atoms with Crippen molar-refractivity contribution in [2.24, 2.45) is 7.05 Å². The van der Waals surface area contributed by atoms with Crippen LogP contribution in [0, 0.1) is 0 Å². The fraction of sp³-hybridized carbons (Fsp3) is 0.400. The normalized spacial score (nSPS) is 19.4. The van der Waals surface area contributed by atoms with E-state index in [0.29, 0.717) is 6.01 Å². The van der Waals surface area contributed by atoms with Gasteiger partial charge in [0, 0.05) is 24.7 Å². The maximum atomic E-state index is 12.3. The van der Waals surface area contributed by atoms with E-state index in [1.807, 2.05) is 30.3 Å². The highest BCUT2D eigenvalue weighted by atomic mass is 16.5. The highest BCUT2D eigenvalue weighted by Crippen LogP contribution is 2.26. The standard InChI is InChI=1S/C20H23N5O3/c1-25-20(27-2)23-18(24-25)19(26)22-14-5-7-15(8-6-14)28-16-9-10-17-13(12-16)4-3-11-21-17/h3-4,9-12,14-15H,5-8H2,1-2H3,(H,22,26). The lowest BCUT2D eigenvalue weighted by atomic mass is 9.93. The van der Waals surface area contributed by atoms with Crippen LogP contribution in [0.5, 0.6) is 11.8 Å². The van der Waals surface area contributed by atoms with Crippen LogP contribution in [0.2, 0.25) is 0 Å². The van der Waals surface area contributed by atoms with E-state index in [0.717, 1.165) is 42.3 Å². The zero-order valence-corrected chi connectivity index (χ0v) is 16.0. The zero-order valence-electron chi connectivity index (χ0n) is 16.0. The van der Waals surface area contributed by atoms with Gasteiger partial charge < -0.3 is 14.8 Å². The molecule has 1 aliphatic carbocycles. The number of fused-ring (bicyclic) bond motifs is 1. The summed E-state index contributed by atoms with van der Waals surface area (Å²) in [6.07, 6.45) is 5.42. The maximum Gasteiger partial charge on any atom is 0.314 e. The molecule has 3 aromatic rings. The van der Waals surface area contributed by atoms with Gasteiger partial charge in [0.1, 0.15) is 5.75 Å². The number of hydrogen-bond acceptors (Lipinski definition) is 6. The van der Waals surface area contributed by atoms with Crippen LogP contribution in [0.15, 0.2) is 36.5 Å². The quantitative estimate of drug-likeness (QED) is 0.730. The molecule has 1 fully saturated rings.